The van der Waals surface area contributed by atoms with E-state index in [9.17, 15) is 9.59 Å². The van der Waals surface area contributed by atoms with E-state index in [1.54, 1.807) is 43.6 Å². The Morgan fingerprint density at radius 2 is 1.72 bits per heavy atom. The van der Waals surface area contributed by atoms with Gasteiger partial charge in [0.15, 0.2) is 0 Å². The SMILES string of the molecule is COCCCNc1ccnc(C(=O)Nc2ccc(NC(C)=O)cc2)c1. The first-order valence-electron chi connectivity index (χ1n) is 7.96. The number of aromatic nitrogens is 1. The van der Waals surface area contributed by atoms with Gasteiger partial charge in [-0.05, 0) is 42.8 Å². The normalized spacial score (nSPS) is 10.2. The van der Waals surface area contributed by atoms with Crippen LogP contribution in [0.15, 0.2) is 42.6 Å². The smallest absolute Gasteiger partial charge is 0.274 e. The van der Waals surface area contributed by atoms with Crippen molar-refractivity contribution in [2.75, 3.05) is 36.2 Å². The van der Waals surface area contributed by atoms with E-state index in [1.807, 2.05) is 6.07 Å². The molecule has 25 heavy (non-hydrogen) atoms. The van der Waals surface area contributed by atoms with Crippen molar-refractivity contribution in [3.8, 4) is 0 Å². The van der Waals surface area contributed by atoms with Gasteiger partial charge in [-0.2, -0.15) is 0 Å². The summed E-state index contributed by atoms with van der Waals surface area (Å²) in [6.45, 7) is 2.88. The second-order valence-corrected chi connectivity index (χ2v) is 5.42. The minimum absolute atomic E-state index is 0.143. The van der Waals surface area contributed by atoms with Crippen LogP contribution in [-0.4, -0.2) is 37.1 Å². The van der Waals surface area contributed by atoms with E-state index < -0.39 is 0 Å². The number of benzene rings is 1. The van der Waals surface area contributed by atoms with Crippen LogP contribution in [0.3, 0.4) is 0 Å². The molecule has 0 fully saturated rings. The lowest BCUT2D eigenvalue weighted by Crippen LogP contribution is -2.14. The van der Waals surface area contributed by atoms with Crippen molar-refractivity contribution < 1.29 is 14.3 Å². The van der Waals surface area contributed by atoms with Crippen LogP contribution in [0.2, 0.25) is 0 Å². The molecule has 0 unspecified atom stereocenters. The van der Waals surface area contributed by atoms with Crippen molar-refractivity contribution in [1.29, 1.82) is 0 Å². The molecule has 0 radical (unpaired) electrons. The molecule has 3 N–H and O–H groups in total. The standard InChI is InChI=1S/C18H22N4O3/c1-13(23)21-14-4-6-15(7-5-14)22-18(24)17-12-16(8-10-20-17)19-9-3-11-25-2/h4-8,10,12H,3,9,11H2,1-2H3,(H,19,20)(H,21,23)(H,22,24). The fourth-order valence-corrected chi connectivity index (χ4v) is 2.15. The van der Waals surface area contributed by atoms with Gasteiger partial charge in [0, 0.05) is 50.4 Å². The summed E-state index contributed by atoms with van der Waals surface area (Å²) in [4.78, 5) is 27.4. The Kier molecular flexibility index (Phi) is 6.91. The number of carbonyl (C=O) groups excluding carboxylic acids is 2. The van der Waals surface area contributed by atoms with Crippen LogP contribution in [0.5, 0.6) is 0 Å². The van der Waals surface area contributed by atoms with Gasteiger partial charge in [-0.15, -0.1) is 0 Å². The highest BCUT2D eigenvalue weighted by atomic mass is 16.5. The van der Waals surface area contributed by atoms with Crippen LogP contribution < -0.4 is 16.0 Å². The molecule has 1 aromatic carbocycles. The number of nitrogens with zero attached hydrogens (tertiary/aromatic N) is 1. The molecule has 0 aliphatic carbocycles. The van der Waals surface area contributed by atoms with Crippen molar-refractivity contribution in [3.05, 3.63) is 48.3 Å². The van der Waals surface area contributed by atoms with Crippen molar-refractivity contribution in [1.82, 2.24) is 4.98 Å². The van der Waals surface area contributed by atoms with E-state index in [-0.39, 0.29) is 11.8 Å². The molecule has 0 bridgehead atoms. The van der Waals surface area contributed by atoms with Gasteiger partial charge < -0.3 is 20.7 Å². The minimum atomic E-state index is -0.298. The Labute approximate surface area is 146 Å². The molecule has 0 atom stereocenters. The van der Waals surface area contributed by atoms with Gasteiger partial charge in [0.25, 0.3) is 5.91 Å². The largest absolute Gasteiger partial charge is 0.385 e. The van der Waals surface area contributed by atoms with E-state index in [0.29, 0.717) is 23.7 Å². The molecule has 1 heterocycles. The Bertz CT molecular complexity index is 717. The van der Waals surface area contributed by atoms with Gasteiger partial charge >= 0.3 is 0 Å². The van der Waals surface area contributed by atoms with Crippen LogP contribution >= 0.6 is 0 Å². The summed E-state index contributed by atoms with van der Waals surface area (Å²) in [6.07, 6.45) is 2.47. The van der Waals surface area contributed by atoms with E-state index in [1.165, 1.54) is 6.92 Å². The maximum absolute atomic E-state index is 12.3. The topological polar surface area (TPSA) is 92.3 Å². The fraction of sp³-hybridized carbons (Fsp3) is 0.278. The van der Waals surface area contributed by atoms with E-state index in [4.69, 9.17) is 4.74 Å². The molecule has 0 saturated heterocycles. The Morgan fingerprint density at radius 3 is 2.36 bits per heavy atom. The van der Waals surface area contributed by atoms with E-state index >= 15 is 0 Å². The highest BCUT2D eigenvalue weighted by Crippen LogP contribution is 2.15. The highest BCUT2D eigenvalue weighted by molar-refractivity contribution is 6.03. The molecule has 132 valence electrons. The van der Waals surface area contributed by atoms with Gasteiger partial charge in [0.05, 0.1) is 0 Å². The lowest BCUT2D eigenvalue weighted by Gasteiger charge is -2.09. The molecular formula is C18H22N4O3. The number of carbonyl (C=O) groups is 2. The summed E-state index contributed by atoms with van der Waals surface area (Å²) in [6, 6.07) is 10.4. The third-order valence-electron chi connectivity index (χ3n) is 3.31. The molecule has 7 nitrogen and oxygen atoms in total. The first-order chi connectivity index (χ1) is 12.1. The second-order valence-electron chi connectivity index (χ2n) is 5.42. The van der Waals surface area contributed by atoms with Gasteiger partial charge in [0.2, 0.25) is 5.91 Å². The predicted octanol–water partition coefficient (Wildman–Crippen LogP) is 2.74. The average molecular weight is 342 g/mol. The third kappa shape index (κ3) is 6.23. The Balaban J connectivity index is 1.94. The molecule has 7 heteroatoms. The predicted molar refractivity (Wildman–Crippen MR) is 97.9 cm³/mol. The number of hydrogen-bond acceptors (Lipinski definition) is 5. The molecule has 0 aliphatic heterocycles. The average Bonchev–Trinajstić information content (AvgIpc) is 2.60. The van der Waals surface area contributed by atoms with E-state index in [2.05, 4.69) is 20.9 Å². The maximum Gasteiger partial charge on any atom is 0.274 e. The summed E-state index contributed by atoms with van der Waals surface area (Å²) >= 11 is 0. The minimum Gasteiger partial charge on any atom is -0.385 e. The third-order valence-corrected chi connectivity index (χ3v) is 3.31. The summed E-state index contributed by atoms with van der Waals surface area (Å²) in [5.41, 5.74) is 2.45. The quantitative estimate of drug-likeness (QED) is 0.642. The van der Waals surface area contributed by atoms with E-state index in [0.717, 1.165) is 18.7 Å². The number of rotatable bonds is 8. The molecule has 2 rings (SSSR count). The Hall–Kier alpha value is -2.93. The maximum atomic E-state index is 12.3. The van der Waals surface area contributed by atoms with Crippen LogP contribution in [0.25, 0.3) is 0 Å². The van der Waals surface area contributed by atoms with Crippen molar-refractivity contribution in [2.24, 2.45) is 0 Å². The number of ether oxygens (including phenoxy) is 1. The lowest BCUT2D eigenvalue weighted by molar-refractivity contribution is -0.114. The number of nitrogens with one attached hydrogen (secondary N) is 3. The van der Waals surface area contributed by atoms with Gasteiger partial charge in [-0.1, -0.05) is 0 Å². The second kappa shape index (κ2) is 9.39. The molecule has 0 spiro atoms. The number of hydrogen-bond donors (Lipinski definition) is 3. The lowest BCUT2D eigenvalue weighted by atomic mass is 10.2. The number of anilines is 3. The van der Waals surface area contributed by atoms with Gasteiger partial charge in [0.1, 0.15) is 5.69 Å². The number of amides is 2. The highest BCUT2D eigenvalue weighted by Gasteiger charge is 2.08. The fourth-order valence-electron chi connectivity index (χ4n) is 2.15. The van der Waals surface area contributed by atoms with Gasteiger partial charge in [-0.25, -0.2) is 0 Å². The van der Waals surface area contributed by atoms with Gasteiger partial charge in [-0.3, -0.25) is 14.6 Å². The number of pyridine rings is 1. The first kappa shape index (κ1) is 18.4. The summed E-state index contributed by atoms with van der Waals surface area (Å²) in [5.74, 6) is -0.441. The zero-order valence-electron chi connectivity index (χ0n) is 14.3. The van der Waals surface area contributed by atoms with Crippen molar-refractivity contribution in [2.45, 2.75) is 13.3 Å². The van der Waals surface area contributed by atoms with Crippen LogP contribution in [0.1, 0.15) is 23.8 Å². The molecule has 2 amide bonds. The summed E-state index contributed by atoms with van der Waals surface area (Å²) in [5, 5.41) is 8.68. The first-order valence-corrected chi connectivity index (χ1v) is 7.96. The summed E-state index contributed by atoms with van der Waals surface area (Å²) in [7, 11) is 1.66. The molecule has 1 aromatic heterocycles. The van der Waals surface area contributed by atoms with Crippen molar-refractivity contribution >= 4 is 28.9 Å². The number of methoxy groups -OCH3 is 1. The zero-order chi connectivity index (χ0) is 18.1. The molecular weight excluding hydrogens is 320 g/mol. The van der Waals surface area contributed by atoms with Crippen LogP contribution in [0, 0.1) is 0 Å². The zero-order valence-corrected chi connectivity index (χ0v) is 14.3. The monoisotopic (exact) mass is 342 g/mol. The van der Waals surface area contributed by atoms with Crippen LogP contribution in [-0.2, 0) is 9.53 Å². The molecule has 0 saturated carbocycles. The van der Waals surface area contributed by atoms with Crippen molar-refractivity contribution in [3.63, 3.8) is 0 Å². The summed E-state index contributed by atoms with van der Waals surface area (Å²) < 4.78 is 5.00. The molecule has 0 aliphatic rings. The van der Waals surface area contributed by atoms with Crippen LogP contribution in [0.4, 0.5) is 17.1 Å². The molecule has 2 aromatic rings. The Morgan fingerprint density at radius 1 is 1.04 bits per heavy atom.